The second kappa shape index (κ2) is 6.75. The van der Waals surface area contributed by atoms with E-state index in [0.717, 1.165) is 16.3 Å². The van der Waals surface area contributed by atoms with Gasteiger partial charge in [-0.05, 0) is 41.1 Å². The van der Waals surface area contributed by atoms with E-state index in [4.69, 9.17) is 0 Å². The van der Waals surface area contributed by atoms with E-state index < -0.39 is 4.92 Å². The molecule has 118 valence electrons. The van der Waals surface area contributed by atoms with E-state index in [2.05, 4.69) is 4.99 Å². The molecule has 0 saturated carbocycles. The van der Waals surface area contributed by atoms with Gasteiger partial charge in [-0.2, -0.15) is 0 Å². The van der Waals surface area contributed by atoms with Crippen LogP contribution in [0, 0.1) is 10.1 Å². The van der Waals surface area contributed by atoms with Gasteiger partial charge in [-0.15, -0.1) is 0 Å². The lowest BCUT2D eigenvalue weighted by Crippen LogP contribution is -1.85. The molecule has 1 N–H and O–H groups in total. The van der Waals surface area contributed by atoms with Gasteiger partial charge >= 0.3 is 0 Å². The maximum atomic E-state index is 10.6. The van der Waals surface area contributed by atoms with E-state index >= 15 is 0 Å². The molecular formula is C19H14N2O3. The molecule has 0 aliphatic heterocycles. The van der Waals surface area contributed by atoms with Crippen molar-refractivity contribution in [3.05, 3.63) is 82.4 Å². The van der Waals surface area contributed by atoms with Crippen LogP contribution in [0.1, 0.15) is 5.56 Å². The number of nitro groups is 1. The zero-order chi connectivity index (χ0) is 16.9. The Morgan fingerprint density at radius 1 is 1.00 bits per heavy atom. The van der Waals surface area contributed by atoms with Crippen LogP contribution < -0.4 is 0 Å². The highest BCUT2D eigenvalue weighted by Gasteiger charge is 2.03. The fourth-order valence-electron chi connectivity index (χ4n) is 2.39. The predicted octanol–water partition coefficient (Wildman–Crippen LogP) is 4.87. The van der Waals surface area contributed by atoms with Crippen LogP contribution in [-0.2, 0) is 0 Å². The van der Waals surface area contributed by atoms with Crippen molar-refractivity contribution in [3.8, 4) is 5.75 Å². The number of allylic oxidation sites excluding steroid dienone is 1. The van der Waals surface area contributed by atoms with Crippen molar-refractivity contribution in [2.24, 2.45) is 4.99 Å². The van der Waals surface area contributed by atoms with Crippen molar-refractivity contribution in [1.29, 1.82) is 0 Å². The number of aliphatic imine (C=N–C) groups is 1. The predicted molar refractivity (Wildman–Crippen MR) is 95.9 cm³/mol. The van der Waals surface area contributed by atoms with Crippen LogP contribution in [0.25, 0.3) is 16.8 Å². The van der Waals surface area contributed by atoms with Gasteiger partial charge in [-0.3, -0.25) is 15.1 Å². The summed E-state index contributed by atoms with van der Waals surface area (Å²) >= 11 is 0. The second-order valence-electron chi connectivity index (χ2n) is 5.13. The molecule has 0 fully saturated rings. The molecule has 24 heavy (non-hydrogen) atoms. The van der Waals surface area contributed by atoms with Gasteiger partial charge in [0.15, 0.2) is 0 Å². The molecule has 0 atom stereocenters. The first-order chi connectivity index (χ1) is 11.6. The number of non-ortho nitro benzene ring substituents is 1. The van der Waals surface area contributed by atoms with Crippen molar-refractivity contribution in [2.75, 3.05) is 0 Å². The van der Waals surface area contributed by atoms with Gasteiger partial charge in [0.05, 0.1) is 10.6 Å². The summed E-state index contributed by atoms with van der Waals surface area (Å²) in [6.45, 7) is 0. The van der Waals surface area contributed by atoms with Gasteiger partial charge < -0.3 is 5.11 Å². The number of phenols is 1. The quantitative estimate of drug-likeness (QED) is 0.423. The Balaban J connectivity index is 1.81. The van der Waals surface area contributed by atoms with Gasteiger partial charge in [0, 0.05) is 23.9 Å². The Hall–Kier alpha value is -3.47. The maximum absolute atomic E-state index is 10.6. The third-order valence-corrected chi connectivity index (χ3v) is 3.58. The van der Waals surface area contributed by atoms with Crippen molar-refractivity contribution in [2.45, 2.75) is 0 Å². The van der Waals surface area contributed by atoms with Crippen LogP contribution in [0.2, 0.25) is 0 Å². The molecule has 0 unspecified atom stereocenters. The van der Waals surface area contributed by atoms with Crippen LogP contribution in [0.15, 0.2) is 71.7 Å². The van der Waals surface area contributed by atoms with Crippen molar-refractivity contribution >= 4 is 34.4 Å². The van der Waals surface area contributed by atoms with E-state index in [1.807, 2.05) is 30.3 Å². The molecule has 0 aliphatic carbocycles. The van der Waals surface area contributed by atoms with Gasteiger partial charge in [0.2, 0.25) is 0 Å². The summed E-state index contributed by atoms with van der Waals surface area (Å²) in [5.74, 6) is 0.202. The molecule has 0 bridgehead atoms. The molecule has 3 aromatic carbocycles. The number of phenolic OH excluding ortho intramolecular Hbond substituents is 1. The minimum absolute atomic E-state index is 0.0326. The highest BCUT2D eigenvalue weighted by atomic mass is 16.6. The maximum Gasteiger partial charge on any atom is 0.269 e. The van der Waals surface area contributed by atoms with E-state index in [9.17, 15) is 15.2 Å². The Bertz CT molecular complexity index is 944. The monoisotopic (exact) mass is 318 g/mol. The zero-order valence-corrected chi connectivity index (χ0v) is 12.7. The molecule has 0 amide bonds. The Labute approximate surface area is 138 Å². The summed E-state index contributed by atoms with van der Waals surface area (Å²) in [4.78, 5) is 14.4. The Morgan fingerprint density at radius 3 is 2.50 bits per heavy atom. The highest BCUT2D eigenvalue weighted by molar-refractivity contribution is 5.95. The SMILES string of the molecule is O=[N+]([O-])c1ccc(N=C/C=C/c2c(O)ccc3ccccc23)cc1. The van der Waals surface area contributed by atoms with Crippen molar-refractivity contribution in [1.82, 2.24) is 0 Å². The summed E-state index contributed by atoms with van der Waals surface area (Å²) < 4.78 is 0. The smallest absolute Gasteiger partial charge is 0.269 e. The molecule has 5 heteroatoms. The van der Waals surface area contributed by atoms with Crippen LogP contribution in [-0.4, -0.2) is 16.2 Å². The van der Waals surface area contributed by atoms with Gasteiger partial charge in [-0.25, -0.2) is 0 Å². The number of fused-ring (bicyclic) bond motifs is 1. The first kappa shape index (κ1) is 15.4. The van der Waals surface area contributed by atoms with Crippen LogP contribution >= 0.6 is 0 Å². The number of rotatable bonds is 4. The Kier molecular flexibility index (Phi) is 4.34. The lowest BCUT2D eigenvalue weighted by molar-refractivity contribution is -0.384. The van der Waals surface area contributed by atoms with E-state index in [1.54, 1.807) is 36.6 Å². The molecular weight excluding hydrogens is 304 g/mol. The Morgan fingerprint density at radius 2 is 1.75 bits per heavy atom. The average molecular weight is 318 g/mol. The fourth-order valence-corrected chi connectivity index (χ4v) is 2.39. The molecule has 0 radical (unpaired) electrons. The molecule has 0 aromatic heterocycles. The van der Waals surface area contributed by atoms with Crippen LogP contribution in [0.4, 0.5) is 11.4 Å². The lowest BCUT2D eigenvalue weighted by atomic mass is 10.0. The number of hydrogen-bond acceptors (Lipinski definition) is 4. The summed E-state index contributed by atoms with van der Waals surface area (Å²) in [5.41, 5.74) is 1.38. The highest BCUT2D eigenvalue weighted by Crippen LogP contribution is 2.28. The third kappa shape index (κ3) is 3.30. The van der Waals surface area contributed by atoms with Crippen molar-refractivity contribution in [3.63, 3.8) is 0 Å². The number of nitro benzene ring substituents is 1. The number of aromatic hydroxyl groups is 1. The second-order valence-corrected chi connectivity index (χ2v) is 5.13. The lowest BCUT2D eigenvalue weighted by Gasteiger charge is -2.04. The van der Waals surface area contributed by atoms with Gasteiger partial charge in [-0.1, -0.05) is 30.3 Å². The normalized spacial score (nSPS) is 11.5. The average Bonchev–Trinajstić information content (AvgIpc) is 2.60. The standard InChI is InChI=1S/C19H14N2O3/c22-19-12-7-14-4-1-2-5-17(14)18(19)6-3-13-20-15-8-10-16(11-9-15)21(23)24/h1-13,22H/b6-3+,20-13?. The number of benzene rings is 3. The van der Waals surface area contributed by atoms with Gasteiger partial charge in [0.1, 0.15) is 5.75 Å². The minimum Gasteiger partial charge on any atom is -0.507 e. The molecule has 5 nitrogen and oxygen atoms in total. The summed E-state index contributed by atoms with van der Waals surface area (Å²) in [6, 6.07) is 17.3. The molecule has 3 rings (SSSR count). The largest absolute Gasteiger partial charge is 0.507 e. The minimum atomic E-state index is -0.448. The topological polar surface area (TPSA) is 75.7 Å². The summed E-state index contributed by atoms with van der Waals surface area (Å²) in [7, 11) is 0. The summed E-state index contributed by atoms with van der Waals surface area (Å²) in [6.07, 6.45) is 5.10. The third-order valence-electron chi connectivity index (χ3n) is 3.58. The first-order valence-electron chi connectivity index (χ1n) is 7.31. The number of hydrogen-bond donors (Lipinski definition) is 1. The molecule has 0 heterocycles. The number of nitrogens with zero attached hydrogens (tertiary/aromatic N) is 2. The van der Waals surface area contributed by atoms with E-state index in [1.165, 1.54) is 12.1 Å². The molecule has 0 saturated heterocycles. The van der Waals surface area contributed by atoms with Crippen LogP contribution in [0.3, 0.4) is 0 Å². The molecule has 0 aliphatic rings. The van der Waals surface area contributed by atoms with Crippen molar-refractivity contribution < 1.29 is 10.0 Å². The molecule has 3 aromatic rings. The molecule has 0 spiro atoms. The zero-order valence-electron chi connectivity index (χ0n) is 12.7. The first-order valence-corrected chi connectivity index (χ1v) is 7.31. The summed E-state index contributed by atoms with van der Waals surface area (Å²) in [5, 5.41) is 22.6. The van der Waals surface area contributed by atoms with E-state index in [-0.39, 0.29) is 11.4 Å². The van der Waals surface area contributed by atoms with Crippen LogP contribution in [0.5, 0.6) is 5.75 Å². The van der Waals surface area contributed by atoms with E-state index in [0.29, 0.717) is 5.69 Å². The fraction of sp³-hybridized carbons (Fsp3) is 0. The van der Waals surface area contributed by atoms with Gasteiger partial charge in [0.25, 0.3) is 5.69 Å².